The highest BCUT2D eigenvalue weighted by Gasteiger charge is 1.98. The van der Waals surface area contributed by atoms with Crippen molar-refractivity contribution >= 4 is 17.9 Å². The minimum absolute atomic E-state index is 0.229. The highest BCUT2D eigenvalue weighted by atomic mass is 35.5. The normalized spacial score (nSPS) is 9.81. The third kappa shape index (κ3) is 6.65. The summed E-state index contributed by atoms with van der Waals surface area (Å²) < 4.78 is 30.7. The number of ether oxygens (including phenoxy) is 1. The number of carbonyl (C=O) groups excluding carboxylic acids is 1. The second kappa shape index (κ2) is 10.3. The van der Waals surface area contributed by atoms with Crippen molar-refractivity contribution in [2.75, 3.05) is 0 Å². The summed E-state index contributed by atoms with van der Waals surface area (Å²) in [5, 5.41) is 0. The van der Waals surface area contributed by atoms with Gasteiger partial charge in [-0.25, -0.2) is 8.78 Å². The smallest absolute Gasteiger partial charge is 0.150 e. The maximum Gasteiger partial charge on any atom is 0.150 e. The Morgan fingerprint density at radius 3 is 1.92 bits per heavy atom. The Morgan fingerprint density at radius 2 is 1.42 bits per heavy atom. The van der Waals surface area contributed by atoms with E-state index in [9.17, 15) is 13.6 Å². The quantitative estimate of drug-likeness (QED) is 0.418. The third-order valence-electron chi connectivity index (χ3n) is 3.35. The molecular weight excluding hydrogens is 358 g/mol. The van der Waals surface area contributed by atoms with Crippen LogP contribution >= 0.6 is 11.6 Å². The first-order valence-corrected chi connectivity index (χ1v) is 8.37. The Labute approximate surface area is 156 Å². The van der Waals surface area contributed by atoms with Gasteiger partial charge in [0.2, 0.25) is 0 Å². The third-order valence-corrected chi connectivity index (χ3v) is 3.66. The Bertz CT molecular complexity index is 835. The van der Waals surface area contributed by atoms with Crippen molar-refractivity contribution in [2.45, 2.75) is 12.5 Å². The fourth-order valence-corrected chi connectivity index (χ4v) is 2.22. The Balaban J connectivity index is 0.000000228. The number of alkyl halides is 1. The van der Waals surface area contributed by atoms with Crippen molar-refractivity contribution in [2.24, 2.45) is 0 Å². The SMILES string of the molecule is Fc1cccc(CCl)c1.O=Cc1ccc(OCc2cccc(F)c2)cc1. The van der Waals surface area contributed by atoms with E-state index in [1.54, 1.807) is 48.5 Å². The highest BCUT2D eigenvalue weighted by Crippen LogP contribution is 2.14. The molecule has 3 aromatic carbocycles. The van der Waals surface area contributed by atoms with Crippen molar-refractivity contribution in [3.63, 3.8) is 0 Å². The number of aldehydes is 1. The number of rotatable bonds is 5. The van der Waals surface area contributed by atoms with Gasteiger partial charge in [-0.2, -0.15) is 0 Å². The molecule has 0 fully saturated rings. The van der Waals surface area contributed by atoms with Crippen molar-refractivity contribution < 1.29 is 18.3 Å². The van der Waals surface area contributed by atoms with E-state index < -0.39 is 0 Å². The standard InChI is InChI=1S/C14H11FO2.C7H6ClF/c15-13-3-1-2-12(8-13)10-17-14-6-4-11(9-16)5-7-14;8-5-6-2-1-3-7(9)4-6/h1-9H,10H2;1-4H,5H2. The fraction of sp³-hybridized carbons (Fsp3) is 0.0952. The fourth-order valence-electron chi connectivity index (χ4n) is 2.06. The van der Waals surface area contributed by atoms with E-state index >= 15 is 0 Å². The van der Waals surface area contributed by atoms with Crippen LogP contribution in [0.5, 0.6) is 5.75 Å². The van der Waals surface area contributed by atoms with Gasteiger partial charge < -0.3 is 4.74 Å². The second-order valence-corrected chi connectivity index (χ2v) is 5.64. The molecule has 0 heterocycles. The lowest BCUT2D eigenvalue weighted by molar-refractivity contribution is 0.112. The van der Waals surface area contributed by atoms with Crippen LogP contribution in [0.2, 0.25) is 0 Å². The molecule has 0 saturated heterocycles. The first-order chi connectivity index (χ1) is 12.6. The second-order valence-electron chi connectivity index (χ2n) is 5.37. The molecule has 2 nitrogen and oxygen atoms in total. The van der Waals surface area contributed by atoms with Crippen molar-refractivity contribution in [1.29, 1.82) is 0 Å². The lowest BCUT2D eigenvalue weighted by Gasteiger charge is -2.06. The molecular formula is C21H17ClF2O2. The summed E-state index contributed by atoms with van der Waals surface area (Å²) in [6.07, 6.45) is 0.774. The minimum Gasteiger partial charge on any atom is -0.489 e. The van der Waals surface area contributed by atoms with Gasteiger partial charge in [-0.1, -0.05) is 24.3 Å². The van der Waals surface area contributed by atoms with Crippen LogP contribution in [0.1, 0.15) is 21.5 Å². The Hall–Kier alpha value is -2.72. The van der Waals surface area contributed by atoms with Gasteiger partial charge in [-0.05, 0) is 59.7 Å². The number of hydrogen-bond donors (Lipinski definition) is 0. The molecule has 0 aliphatic carbocycles. The maximum atomic E-state index is 12.9. The monoisotopic (exact) mass is 374 g/mol. The van der Waals surface area contributed by atoms with E-state index in [-0.39, 0.29) is 11.6 Å². The van der Waals surface area contributed by atoms with Crippen molar-refractivity contribution in [3.05, 3.63) is 101 Å². The summed E-state index contributed by atoms with van der Waals surface area (Å²) in [5.74, 6) is 0.521. The summed E-state index contributed by atoms with van der Waals surface area (Å²) in [7, 11) is 0. The predicted molar refractivity (Wildman–Crippen MR) is 98.5 cm³/mol. The highest BCUT2D eigenvalue weighted by molar-refractivity contribution is 6.17. The van der Waals surface area contributed by atoms with Gasteiger partial charge in [0.15, 0.2) is 0 Å². The van der Waals surface area contributed by atoms with Crippen LogP contribution in [0.25, 0.3) is 0 Å². The molecule has 0 amide bonds. The first-order valence-electron chi connectivity index (χ1n) is 7.83. The molecule has 0 aliphatic heterocycles. The zero-order valence-electron chi connectivity index (χ0n) is 13.9. The largest absolute Gasteiger partial charge is 0.489 e. The van der Waals surface area contributed by atoms with E-state index in [0.29, 0.717) is 23.8 Å². The lowest BCUT2D eigenvalue weighted by atomic mass is 10.2. The van der Waals surface area contributed by atoms with Crippen LogP contribution in [0, 0.1) is 11.6 Å². The molecule has 0 saturated carbocycles. The number of halogens is 3. The molecule has 0 N–H and O–H groups in total. The summed E-state index contributed by atoms with van der Waals surface area (Å²) >= 11 is 5.43. The first kappa shape index (κ1) is 19.6. The molecule has 26 heavy (non-hydrogen) atoms. The number of hydrogen-bond acceptors (Lipinski definition) is 2. The molecule has 134 valence electrons. The summed E-state index contributed by atoms with van der Waals surface area (Å²) in [6, 6.07) is 19.3. The summed E-state index contributed by atoms with van der Waals surface area (Å²) in [6.45, 7) is 0.304. The zero-order valence-corrected chi connectivity index (χ0v) is 14.6. The average Bonchev–Trinajstić information content (AvgIpc) is 2.67. The van der Waals surface area contributed by atoms with E-state index in [1.165, 1.54) is 24.3 Å². The topological polar surface area (TPSA) is 26.3 Å². The lowest BCUT2D eigenvalue weighted by Crippen LogP contribution is -1.95. The van der Waals surface area contributed by atoms with Crippen LogP contribution in [-0.4, -0.2) is 6.29 Å². The van der Waals surface area contributed by atoms with Gasteiger partial charge in [-0.15, -0.1) is 11.6 Å². The molecule has 0 unspecified atom stereocenters. The van der Waals surface area contributed by atoms with Crippen LogP contribution in [0.15, 0.2) is 72.8 Å². The van der Waals surface area contributed by atoms with Gasteiger partial charge in [0.25, 0.3) is 0 Å². The van der Waals surface area contributed by atoms with Crippen LogP contribution < -0.4 is 4.74 Å². The molecule has 0 aromatic heterocycles. The average molecular weight is 375 g/mol. The number of carbonyl (C=O) groups is 1. The molecule has 0 bridgehead atoms. The zero-order chi connectivity index (χ0) is 18.8. The Morgan fingerprint density at radius 1 is 0.846 bits per heavy atom. The molecule has 3 aromatic rings. The molecule has 3 rings (SSSR count). The summed E-state index contributed by atoms with van der Waals surface area (Å²) in [4.78, 5) is 10.5. The predicted octanol–water partition coefficient (Wildman–Crippen LogP) is 5.78. The van der Waals surface area contributed by atoms with Gasteiger partial charge in [0.05, 0.1) is 0 Å². The van der Waals surface area contributed by atoms with E-state index in [1.807, 2.05) is 0 Å². The maximum absolute atomic E-state index is 12.9. The van der Waals surface area contributed by atoms with Crippen molar-refractivity contribution in [3.8, 4) is 5.75 Å². The summed E-state index contributed by atoms with van der Waals surface area (Å²) in [5.41, 5.74) is 2.18. The molecule has 5 heteroatoms. The van der Waals surface area contributed by atoms with Crippen LogP contribution in [0.3, 0.4) is 0 Å². The molecule has 0 atom stereocenters. The van der Waals surface area contributed by atoms with Gasteiger partial charge in [0.1, 0.15) is 30.3 Å². The van der Waals surface area contributed by atoms with E-state index in [2.05, 4.69) is 0 Å². The van der Waals surface area contributed by atoms with Crippen molar-refractivity contribution in [1.82, 2.24) is 0 Å². The van der Waals surface area contributed by atoms with Gasteiger partial charge in [-0.3, -0.25) is 4.79 Å². The number of benzene rings is 3. The van der Waals surface area contributed by atoms with E-state index in [4.69, 9.17) is 16.3 Å². The van der Waals surface area contributed by atoms with Crippen LogP contribution in [-0.2, 0) is 12.5 Å². The van der Waals surface area contributed by atoms with Gasteiger partial charge >= 0.3 is 0 Å². The Kier molecular flexibility index (Phi) is 7.77. The van der Waals surface area contributed by atoms with E-state index in [0.717, 1.165) is 17.4 Å². The van der Waals surface area contributed by atoms with Gasteiger partial charge in [0, 0.05) is 11.4 Å². The molecule has 0 spiro atoms. The molecule has 0 aliphatic rings. The van der Waals surface area contributed by atoms with Crippen LogP contribution in [0.4, 0.5) is 8.78 Å². The minimum atomic E-state index is -0.276. The molecule has 0 radical (unpaired) electrons.